The first-order chi connectivity index (χ1) is 9.47. The molecule has 1 aliphatic heterocycles. The Morgan fingerprint density at radius 3 is 2.80 bits per heavy atom. The van der Waals surface area contributed by atoms with Crippen LogP contribution in [-0.4, -0.2) is 19.3 Å². The molecule has 1 N–H and O–H groups in total. The third-order valence-electron chi connectivity index (χ3n) is 3.65. The van der Waals surface area contributed by atoms with E-state index in [0.717, 1.165) is 31.9 Å². The highest BCUT2D eigenvalue weighted by molar-refractivity contribution is 5.27. The third kappa shape index (κ3) is 4.21. The van der Waals surface area contributed by atoms with E-state index in [0.29, 0.717) is 18.2 Å². The Kier molecular flexibility index (Phi) is 5.05. The molecule has 0 aromatic heterocycles. The molecule has 1 saturated heterocycles. The molecule has 1 aromatic rings. The summed E-state index contributed by atoms with van der Waals surface area (Å²) in [7, 11) is 0. The summed E-state index contributed by atoms with van der Waals surface area (Å²) < 4.78 is 43.5. The summed E-state index contributed by atoms with van der Waals surface area (Å²) in [6.07, 6.45) is -1.38. The number of nitrogens with one attached hydrogen (secondary N) is 1. The summed E-state index contributed by atoms with van der Waals surface area (Å²) in [5.74, 6) is 0. The summed E-state index contributed by atoms with van der Waals surface area (Å²) in [5, 5.41) is 3.41. The second-order valence-corrected chi connectivity index (χ2v) is 5.25. The van der Waals surface area contributed by atoms with Gasteiger partial charge in [0.1, 0.15) is 0 Å². The molecule has 1 aromatic carbocycles. The van der Waals surface area contributed by atoms with Crippen molar-refractivity contribution in [1.82, 2.24) is 5.32 Å². The van der Waals surface area contributed by atoms with E-state index in [9.17, 15) is 13.2 Å². The van der Waals surface area contributed by atoms with Gasteiger partial charge in [-0.1, -0.05) is 12.1 Å². The Bertz CT molecular complexity index is 425. The van der Waals surface area contributed by atoms with Crippen LogP contribution >= 0.6 is 0 Å². The minimum atomic E-state index is -4.29. The van der Waals surface area contributed by atoms with Crippen LogP contribution in [0.5, 0.6) is 0 Å². The Hall–Kier alpha value is -1.07. The van der Waals surface area contributed by atoms with Crippen LogP contribution in [0.15, 0.2) is 24.3 Å². The van der Waals surface area contributed by atoms with Gasteiger partial charge in [-0.25, -0.2) is 0 Å². The molecule has 0 radical (unpaired) electrons. The van der Waals surface area contributed by atoms with Crippen molar-refractivity contribution in [3.8, 4) is 0 Å². The monoisotopic (exact) mass is 287 g/mol. The number of hydrogen-bond donors (Lipinski definition) is 1. The van der Waals surface area contributed by atoms with Crippen LogP contribution in [-0.2, 0) is 10.9 Å². The summed E-state index contributed by atoms with van der Waals surface area (Å²) in [5.41, 5.74) is 0.0813. The second kappa shape index (κ2) is 6.59. The van der Waals surface area contributed by atoms with Crippen molar-refractivity contribution in [2.24, 2.45) is 0 Å². The fourth-order valence-electron chi connectivity index (χ4n) is 2.50. The van der Waals surface area contributed by atoms with Crippen molar-refractivity contribution in [3.63, 3.8) is 0 Å². The highest BCUT2D eigenvalue weighted by Crippen LogP contribution is 2.30. The van der Waals surface area contributed by atoms with Gasteiger partial charge in [-0.3, -0.25) is 0 Å². The molecule has 1 fully saturated rings. The summed E-state index contributed by atoms with van der Waals surface area (Å²) >= 11 is 0. The molecule has 0 spiro atoms. The molecule has 5 heteroatoms. The Morgan fingerprint density at radius 2 is 2.05 bits per heavy atom. The number of hydrogen-bond acceptors (Lipinski definition) is 2. The van der Waals surface area contributed by atoms with Gasteiger partial charge in [0.15, 0.2) is 0 Å². The minimum Gasteiger partial charge on any atom is -0.381 e. The molecule has 20 heavy (non-hydrogen) atoms. The second-order valence-electron chi connectivity index (χ2n) is 5.25. The van der Waals surface area contributed by atoms with Crippen molar-refractivity contribution >= 4 is 0 Å². The molecule has 2 atom stereocenters. The zero-order valence-electron chi connectivity index (χ0n) is 11.5. The molecule has 0 saturated carbocycles. The van der Waals surface area contributed by atoms with E-state index in [1.807, 2.05) is 6.92 Å². The summed E-state index contributed by atoms with van der Waals surface area (Å²) in [4.78, 5) is 0. The van der Waals surface area contributed by atoms with Crippen LogP contribution in [0.3, 0.4) is 0 Å². The van der Waals surface area contributed by atoms with Gasteiger partial charge in [0.2, 0.25) is 0 Å². The lowest BCUT2D eigenvalue weighted by Crippen LogP contribution is -2.31. The number of ether oxygens (including phenoxy) is 1. The van der Waals surface area contributed by atoms with Gasteiger partial charge >= 0.3 is 6.18 Å². The van der Waals surface area contributed by atoms with Crippen molar-refractivity contribution in [2.45, 2.75) is 44.4 Å². The maximum Gasteiger partial charge on any atom is 0.416 e. The van der Waals surface area contributed by atoms with E-state index in [4.69, 9.17) is 4.74 Å². The van der Waals surface area contributed by atoms with Gasteiger partial charge in [0, 0.05) is 25.3 Å². The molecule has 1 aliphatic rings. The summed E-state index contributed by atoms with van der Waals surface area (Å²) in [6.45, 7) is 3.39. The first-order valence-corrected chi connectivity index (χ1v) is 6.98. The van der Waals surface area contributed by atoms with Gasteiger partial charge in [0.25, 0.3) is 0 Å². The quantitative estimate of drug-likeness (QED) is 0.909. The largest absolute Gasteiger partial charge is 0.416 e. The fraction of sp³-hybridized carbons (Fsp3) is 0.600. The Balaban J connectivity index is 2.03. The predicted molar refractivity (Wildman–Crippen MR) is 71.5 cm³/mol. The molecule has 0 amide bonds. The van der Waals surface area contributed by atoms with Crippen molar-refractivity contribution in [3.05, 3.63) is 35.4 Å². The van der Waals surface area contributed by atoms with Gasteiger partial charge in [-0.05, 0) is 43.9 Å². The van der Waals surface area contributed by atoms with E-state index in [-0.39, 0.29) is 6.04 Å². The zero-order valence-corrected chi connectivity index (χ0v) is 11.5. The van der Waals surface area contributed by atoms with Gasteiger partial charge in [-0.2, -0.15) is 13.2 Å². The van der Waals surface area contributed by atoms with Crippen LogP contribution in [0.25, 0.3) is 0 Å². The number of benzene rings is 1. The van der Waals surface area contributed by atoms with E-state index in [1.54, 1.807) is 6.07 Å². The molecule has 2 rings (SSSR count). The average Bonchev–Trinajstić information content (AvgIpc) is 2.66. The molecule has 112 valence electrons. The van der Waals surface area contributed by atoms with Crippen LogP contribution < -0.4 is 5.32 Å². The lowest BCUT2D eigenvalue weighted by atomic mass is 10.0. The smallest absolute Gasteiger partial charge is 0.381 e. The topological polar surface area (TPSA) is 21.3 Å². The molecule has 1 heterocycles. The van der Waals surface area contributed by atoms with E-state index >= 15 is 0 Å². The maximum atomic E-state index is 12.7. The van der Waals surface area contributed by atoms with E-state index in [1.165, 1.54) is 12.1 Å². The van der Waals surface area contributed by atoms with Gasteiger partial charge in [-0.15, -0.1) is 0 Å². The lowest BCUT2D eigenvalue weighted by molar-refractivity contribution is -0.137. The van der Waals surface area contributed by atoms with E-state index < -0.39 is 11.7 Å². The van der Waals surface area contributed by atoms with Crippen LogP contribution in [0.1, 0.15) is 43.4 Å². The van der Waals surface area contributed by atoms with Crippen molar-refractivity contribution in [2.75, 3.05) is 13.2 Å². The molecule has 0 bridgehead atoms. The van der Waals surface area contributed by atoms with Crippen molar-refractivity contribution in [1.29, 1.82) is 0 Å². The first kappa shape index (κ1) is 15.3. The highest BCUT2D eigenvalue weighted by Gasteiger charge is 2.30. The fourth-order valence-corrected chi connectivity index (χ4v) is 2.50. The molecule has 2 unspecified atom stereocenters. The Morgan fingerprint density at radius 1 is 1.25 bits per heavy atom. The minimum absolute atomic E-state index is 0.0969. The van der Waals surface area contributed by atoms with Gasteiger partial charge in [0.05, 0.1) is 5.56 Å². The SMILES string of the molecule is CC(NC1CCCOCC1)c1cccc(C(F)(F)F)c1. The first-order valence-electron chi connectivity index (χ1n) is 6.98. The normalized spacial score (nSPS) is 22.3. The average molecular weight is 287 g/mol. The zero-order chi connectivity index (χ0) is 14.6. The van der Waals surface area contributed by atoms with Crippen molar-refractivity contribution < 1.29 is 17.9 Å². The summed E-state index contributed by atoms with van der Waals surface area (Å²) in [6, 6.07) is 5.75. The van der Waals surface area contributed by atoms with Gasteiger partial charge < -0.3 is 10.1 Å². The Labute approximate surface area is 117 Å². The predicted octanol–water partition coefficient (Wildman–Crippen LogP) is 3.93. The molecule has 0 aliphatic carbocycles. The lowest BCUT2D eigenvalue weighted by Gasteiger charge is -2.22. The van der Waals surface area contributed by atoms with Crippen LogP contribution in [0.4, 0.5) is 13.2 Å². The van der Waals surface area contributed by atoms with Crippen LogP contribution in [0.2, 0.25) is 0 Å². The standard InChI is InChI=1S/C15H20F3NO/c1-11(19-14-6-3-8-20-9-7-14)12-4-2-5-13(10-12)15(16,17)18/h2,4-5,10-11,14,19H,3,6-9H2,1H3. The number of rotatable bonds is 3. The van der Waals surface area contributed by atoms with Crippen LogP contribution in [0, 0.1) is 0 Å². The molecular formula is C15H20F3NO. The molecule has 2 nitrogen and oxygen atoms in total. The maximum absolute atomic E-state index is 12.7. The van der Waals surface area contributed by atoms with E-state index in [2.05, 4.69) is 5.32 Å². The highest BCUT2D eigenvalue weighted by atomic mass is 19.4. The molecular weight excluding hydrogens is 267 g/mol. The number of alkyl halides is 3. The number of halogens is 3. The third-order valence-corrected chi connectivity index (χ3v) is 3.65.